The third-order valence-corrected chi connectivity index (χ3v) is 3.41. The largest absolute Gasteiger partial charge is 0.481 e. The summed E-state index contributed by atoms with van der Waals surface area (Å²) in [5, 5.41) is 15.8. The highest BCUT2D eigenvalue weighted by molar-refractivity contribution is 7.14. The second-order valence-electron chi connectivity index (χ2n) is 4.40. The lowest BCUT2D eigenvalue weighted by Gasteiger charge is -2.02. The van der Waals surface area contributed by atoms with E-state index in [-0.39, 0.29) is 23.9 Å². The number of carboxylic acids is 1. The van der Waals surface area contributed by atoms with E-state index in [1.54, 1.807) is 12.3 Å². The molecule has 1 rings (SSSR count). The highest BCUT2D eigenvalue weighted by Crippen LogP contribution is 2.15. The summed E-state index contributed by atoms with van der Waals surface area (Å²) in [5.41, 5.74) is 0.275. The molecule has 0 aliphatic rings. The number of carbonyl (C=O) groups is 3. The van der Waals surface area contributed by atoms with Gasteiger partial charge >= 0.3 is 5.97 Å². The van der Waals surface area contributed by atoms with Crippen LogP contribution in [0.1, 0.15) is 49.5 Å². The first-order valence-electron chi connectivity index (χ1n) is 6.78. The topological polar surface area (TPSA) is 108 Å². The van der Waals surface area contributed by atoms with Crippen molar-refractivity contribution in [1.29, 1.82) is 0 Å². The molecule has 21 heavy (non-hydrogen) atoms. The van der Waals surface area contributed by atoms with Crippen molar-refractivity contribution in [2.75, 3.05) is 11.9 Å². The summed E-state index contributed by atoms with van der Waals surface area (Å²) in [6.07, 6.45) is 2.59. The van der Waals surface area contributed by atoms with Crippen LogP contribution >= 0.6 is 11.3 Å². The first-order valence-corrected chi connectivity index (χ1v) is 7.66. The van der Waals surface area contributed by atoms with Gasteiger partial charge in [0.2, 0.25) is 5.91 Å². The molecule has 1 aromatic heterocycles. The minimum Gasteiger partial charge on any atom is -0.481 e. The van der Waals surface area contributed by atoms with E-state index in [9.17, 15) is 14.4 Å². The number of unbranched alkanes of at least 4 members (excludes halogenated alkanes) is 2. The van der Waals surface area contributed by atoms with Crippen molar-refractivity contribution < 1.29 is 19.5 Å². The fourth-order valence-corrected chi connectivity index (χ4v) is 2.22. The van der Waals surface area contributed by atoms with E-state index in [4.69, 9.17) is 5.11 Å². The van der Waals surface area contributed by atoms with E-state index in [2.05, 4.69) is 15.6 Å². The van der Waals surface area contributed by atoms with E-state index in [0.717, 1.165) is 12.8 Å². The predicted octanol–water partition coefficient (Wildman–Crippen LogP) is 1.87. The van der Waals surface area contributed by atoms with Crippen LogP contribution in [0.4, 0.5) is 5.13 Å². The summed E-state index contributed by atoms with van der Waals surface area (Å²) in [7, 11) is 0. The van der Waals surface area contributed by atoms with Crippen molar-refractivity contribution in [3.05, 3.63) is 11.1 Å². The van der Waals surface area contributed by atoms with Gasteiger partial charge in [0.25, 0.3) is 5.91 Å². The number of carboxylic acid groups (broad SMARTS) is 1. The molecule has 0 aliphatic heterocycles. The summed E-state index contributed by atoms with van der Waals surface area (Å²) < 4.78 is 0. The Labute approximate surface area is 126 Å². The van der Waals surface area contributed by atoms with Crippen LogP contribution in [0.25, 0.3) is 0 Å². The highest BCUT2D eigenvalue weighted by atomic mass is 32.1. The molecule has 1 heterocycles. The number of hydrogen-bond donors (Lipinski definition) is 3. The summed E-state index contributed by atoms with van der Waals surface area (Å²) in [6, 6.07) is 0. The van der Waals surface area contributed by atoms with Crippen molar-refractivity contribution in [2.24, 2.45) is 0 Å². The Balaban J connectivity index is 2.26. The Morgan fingerprint density at radius 1 is 1.29 bits per heavy atom. The van der Waals surface area contributed by atoms with Gasteiger partial charge in [-0.05, 0) is 12.8 Å². The lowest BCUT2D eigenvalue weighted by atomic mass is 10.2. The molecule has 0 radical (unpaired) electrons. The van der Waals surface area contributed by atoms with E-state index in [0.29, 0.717) is 24.5 Å². The molecule has 0 spiro atoms. The Hall–Kier alpha value is -1.96. The number of aliphatic carboxylic acids is 1. The summed E-state index contributed by atoms with van der Waals surface area (Å²) >= 11 is 1.20. The first-order chi connectivity index (χ1) is 10.0. The van der Waals surface area contributed by atoms with Crippen LogP contribution in [0.3, 0.4) is 0 Å². The van der Waals surface area contributed by atoms with Crippen molar-refractivity contribution in [3.63, 3.8) is 0 Å². The quantitative estimate of drug-likeness (QED) is 0.603. The highest BCUT2D eigenvalue weighted by Gasteiger charge is 2.11. The molecule has 0 bridgehead atoms. The van der Waals surface area contributed by atoms with Crippen LogP contribution < -0.4 is 10.6 Å². The number of thiazole rings is 1. The minimum atomic E-state index is -0.803. The van der Waals surface area contributed by atoms with Gasteiger partial charge in [0.15, 0.2) is 5.13 Å². The van der Waals surface area contributed by atoms with Crippen LogP contribution in [-0.2, 0) is 9.59 Å². The van der Waals surface area contributed by atoms with Gasteiger partial charge in [0.1, 0.15) is 5.69 Å². The van der Waals surface area contributed by atoms with Crippen molar-refractivity contribution >= 4 is 34.3 Å². The molecular weight excluding hydrogens is 294 g/mol. The molecule has 0 atom stereocenters. The van der Waals surface area contributed by atoms with Crippen LogP contribution in [0, 0.1) is 0 Å². The number of rotatable bonds is 9. The van der Waals surface area contributed by atoms with Crippen LogP contribution in [0.15, 0.2) is 5.38 Å². The van der Waals surface area contributed by atoms with E-state index < -0.39 is 5.97 Å². The van der Waals surface area contributed by atoms with E-state index >= 15 is 0 Å². The predicted molar refractivity (Wildman–Crippen MR) is 79.5 cm³/mol. The zero-order chi connectivity index (χ0) is 15.7. The average Bonchev–Trinajstić information content (AvgIpc) is 2.90. The van der Waals surface area contributed by atoms with Gasteiger partial charge in [-0.3, -0.25) is 14.4 Å². The van der Waals surface area contributed by atoms with E-state index in [1.807, 2.05) is 0 Å². The lowest BCUT2D eigenvalue weighted by Crippen LogP contribution is -2.24. The molecule has 3 N–H and O–H groups in total. The Bertz CT molecular complexity index is 501. The first kappa shape index (κ1) is 17.1. The molecule has 0 fully saturated rings. The fraction of sp³-hybridized carbons (Fsp3) is 0.538. The smallest absolute Gasteiger partial charge is 0.303 e. The normalized spacial score (nSPS) is 10.1. The molecule has 2 amide bonds. The number of anilines is 1. The molecule has 0 aliphatic carbocycles. The Kier molecular flexibility index (Phi) is 7.38. The number of aromatic nitrogens is 1. The Morgan fingerprint density at radius 3 is 2.71 bits per heavy atom. The molecule has 0 unspecified atom stereocenters. The standard InChI is InChI=1S/C13H19N3O4S/c1-2-10(17)16-13-15-9(8-21-13)12(20)14-7-5-3-4-6-11(18)19/h8H,2-7H2,1H3,(H,14,20)(H,18,19)(H,15,16,17). The molecule has 116 valence electrons. The monoisotopic (exact) mass is 313 g/mol. The maximum atomic E-state index is 11.8. The fourth-order valence-electron chi connectivity index (χ4n) is 1.51. The van der Waals surface area contributed by atoms with E-state index in [1.165, 1.54) is 11.3 Å². The van der Waals surface area contributed by atoms with Crippen LogP contribution in [-0.4, -0.2) is 34.4 Å². The van der Waals surface area contributed by atoms with Crippen molar-refractivity contribution in [2.45, 2.75) is 39.0 Å². The van der Waals surface area contributed by atoms with Gasteiger partial charge in [0.05, 0.1) is 0 Å². The molecule has 0 saturated heterocycles. The second-order valence-corrected chi connectivity index (χ2v) is 5.26. The average molecular weight is 313 g/mol. The number of hydrogen-bond acceptors (Lipinski definition) is 5. The van der Waals surface area contributed by atoms with Gasteiger partial charge < -0.3 is 15.7 Å². The van der Waals surface area contributed by atoms with Crippen molar-refractivity contribution in [3.8, 4) is 0 Å². The zero-order valence-electron chi connectivity index (χ0n) is 11.8. The molecule has 8 heteroatoms. The second kappa shape index (κ2) is 9.06. The van der Waals surface area contributed by atoms with Gasteiger partial charge in [-0.15, -0.1) is 11.3 Å². The number of nitrogens with one attached hydrogen (secondary N) is 2. The lowest BCUT2D eigenvalue weighted by molar-refractivity contribution is -0.137. The number of amides is 2. The third kappa shape index (κ3) is 6.84. The summed E-state index contributed by atoms with van der Waals surface area (Å²) in [5.74, 6) is -1.24. The van der Waals surface area contributed by atoms with Gasteiger partial charge in [-0.1, -0.05) is 13.3 Å². The van der Waals surface area contributed by atoms with Crippen LogP contribution in [0.5, 0.6) is 0 Å². The Morgan fingerprint density at radius 2 is 2.05 bits per heavy atom. The van der Waals surface area contributed by atoms with Crippen molar-refractivity contribution in [1.82, 2.24) is 10.3 Å². The third-order valence-electron chi connectivity index (χ3n) is 2.66. The molecule has 7 nitrogen and oxygen atoms in total. The number of nitrogens with zero attached hydrogens (tertiary/aromatic N) is 1. The summed E-state index contributed by atoms with van der Waals surface area (Å²) in [4.78, 5) is 37.3. The minimum absolute atomic E-state index is 0.144. The number of carbonyl (C=O) groups excluding carboxylic acids is 2. The molecule has 1 aromatic rings. The van der Waals surface area contributed by atoms with Gasteiger partial charge in [-0.25, -0.2) is 4.98 Å². The maximum absolute atomic E-state index is 11.8. The summed E-state index contributed by atoms with van der Waals surface area (Å²) in [6.45, 7) is 2.22. The maximum Gasteiger partial charge on any atom is 0.303 e. The molecular formula is C13H19N3O4S. The van der Waals surface area contributed by atoms with Crippen LogP contribution in [0.2, 0.25) is 0 Å². The van der Waals surface area contributed by atoms with Gasteiger partial charge in [0, 0.05) is 24.8 Å². The molecule has 0 saturated carbocycles. The SMILES string of the molecule is CCC(=O)Nc1nc(C(=O)NCCCCCC(=O)O)cs1. The zero-order valence-corrected chi connectivity index (χ0v) is 12.7. The van der Waals surface area contributed by atoms with Gasteiger partial charge in [-0.2, -0.15) is 0 Å². The molecule has 0 aromatic carbocycles.